The maximum Gasteiger partial charge on any atom is 0.305 e. The molecule has 3 N–H and O–H groups in total. The van der Waals surface area contributed by atoms with Crippen molar-refractivity contribution in [1.29, 1.82) is 0 Å². The Hall–Kier alpha value is -1.40. The van der Waals surface area contributed by atoms with Crippen molar-refractivity contribution in [1.82, 2.24) is 5.32 Å². The second-order valence-corrected chi connectivity index (χ2v) is 21.4. The lowest BCUT2D eigenvalue weighted by Crippen LogP contribution is -2.45. The van der Waals surface area contributed by atoms with E-state index in [-0.39, 0.29) is 18.5 Å². The lowest BCUT2D eigenvalue weighted by Gasteiger charge is -2.20. The Morgan fingerprint density at radius 2 is 0.676 bits per heavy atom. The van der Waals surface area contributed by atoms with Gasteiger partial charge in [-0.1, -0.05) is 315 Å². The number of nitrogens with one attached hydrogen (secondary N) is 1. The fraction of sp³-hybridized carbons (Fsp3) is 0.935. The predicted molar refractivity (Wildman–Crippen MR) is 297 cm³/mol. The Balaban J connectivity index is 3.45. The van der Waals surface area contributed by atoms with E-state index in [0.29, 0.717) is 19.4 Å². The molecule has 0 aliphatic heterocycles. The third kappa shape index (κ3) is 53.9. The molecule has 6 heteroatoms. The fourth-order valence-corrected chi connectivity index (χ4v) is 9.81. The highest BCUT2D eigenvalue weighted by atomic mass is 16.5. The Morgan fingerprint density at radius 1 is 0.397 bits per heavy atom. The number of carbonyl (C=O) groups is 2. The minimum absolute atomic E-state index is 0.00342. The van der Waals surface area contributed by atoms with E-state index in [2.05, 4.69) is 19.2 Å². The van der Waals surface area contributed by atoms with Gasteiger partial charge in [0, 0.05) is 12.8 Å². The van der Waals surface area contributed by atoms with Gasteiger partial charge in [-0.2, -0.15) is 0 Å². The van der Waals surface area contributed by atoms with Gasteiger partial charge >= 0.3 is 5.97 Å². The molecule has 2 unspecified atom stereocenters. The van der Waals surface area contributed by atoms with Gasteiger partial charge in [0.25, 0.3) is 0 Å². The van der Waals surface area contributed by atoms with Gasteiger partial charge in [-0.25, -0.2) is 0 Å². The smallest absolute Gasteiger partial charge is 0.305 e. The van der Waals surface area contributed by atoms with Gasteiger partial charge in [-0.05, 0) is 32.1 Å². The zero-order valence-corrected chi connectivity index (χ0v) is 46.1. The second kappa shape index (κ2) is 58.2. The first-order valence-electron chi connectivity index (χ1n) is 31.0. The zero-order chi connectivity index (χ0) is 49.3. The normalized spacial score (nSPS) is 12.6. The summed E-state index contributed by atoms with van der Waals surface area (Å²) < 4.78 is 5.48. The molecule has 0 fully saturated rings. The van der Waals surface area contributed by atoms with Crippen LogP contribution in [0, 0.1) is 0 Å². The Kier molecular flexibility index (Phi) is 57.0. The van der Waals surface area contributed by atoms with Crippen LogP contribution in [-0.4, -0.2) is 47.4 Å². The molecule has 0 rings (SSSR count). The minimum Gasteiger partial charge on any atom is -0.466 e. The van der Waals surface area contributed by atoms with E-state index in [1.54, 1.807) is 6.08 Å². The van der Waals surface area contributed by atoms with E-state index < -0.39 is 12.1 Å². The van der Waals surface area contributed by atoms with Gasteiger partial charge in [0.2, 0.25) is 5.91 Å². The summed E-state index contributed by atoms with van der Waals surface area (Å²) in [5.41, 5.74) is 0. The van der Waals surface area contributed by atoms with Crippen molar-refractivity contribution in [2.45, 2.75) is 360 Å². The van der Waals surface area contributed by atoms with E-state index in [0.717, 1.165) is 44.9 Å². The van der Waals surface area contributed by atoms with Crippen LogP contribution in [0.25, 0.3) is 0 Å². The molecule has 0 aliphatic rings. The summed E-state index contributed by atoms with van der Waals surface area (Å²) in [6.07, 6.45) is 69.5. The number of esters is 1. The molecule has 2 atom stereocenters. The van der Waals surface area contributed by atoms with E-state index in [4.69, 9.17) is 4.74 Å². The Labute approximate surface area is 425 Å². The van der Waals surface area contributed by atoms with Crippen LogP contribution in [0.2, 0.25) is 0 Å². The van der Waals surface area contributed by atoms with Gasteiger partial charge < -0.3 is 20.3 Å². The summed E-state index contributed by atoms with van der Waals surface area (Å²) in [7, 11) is 0. The first-order chi connectivity index (χ1) is 33.5. The molecule has 404 valence electrons. The first-order valence-corrected chi connectivity index (χ1v) is 31.0. The standard InChI is InChI=1S/C62H121NO5/c1-3-5-7-9-11-13-15-17-19-20-21-22-23-24-27-30-34-38-42-46-50-54-60(65)59(58-64)63-61(66)55-51-47-43-39-35-31-28-25-29-33-37-41-45-49-53-57-68-62(67)56-52-48-44-40-36-32-26-18-16-14-12-10-8-6-4-2/h50,54,59-60,64-65H,3-49,51-53,55-58H2,1-2H3,(H,63,66)/b54-50+. The number of allylic oxidation sites excluding steroid dienone is 1. The van der Waals surface area contributed by atoms with Gasteiger partial charge in [0.1, 0.15) is 0 Å². The van der Waals surface area contributed by atoms with Gasteiger partial charge in [0.05, 0.1) is 25.4 Å². The second-order valence-electron chi connectivity index (χ2n) is 21.4. The van der Waals surface area contributed by atoms with E-state index in [1.807, 2.05) is 6.08 Å². The van der Waals surface area contributed by atoms with Gasteiger partial charge in [-0.15, -0.1) is 0 Å². The van der Waals surface area contributed by atoms with Crippen molar-refractivity contribution >= 4 is 11.9 Å². The van der Waals surface area contributed by atoms with Gasteiger partial charge in [0.15, 0.2) is 0 Å². The number of hydrogen-bond donors (Lipinski definition) is 3. The lowest BCUT2D eigenvalue weighted by molar-refractivity contribution is -0.143. The van der Waals surface area contributed by atoms with Crippen molar-refractivity contribution in [3.63, 3.8) is 0 Å². The molecule has 0 spiro atoms. The lowest BCUT2D eigenvalue weighted by atomic mass is 10.0. The molecule has 0 aromatic heterocycles. The monoisotopic (exact) mass is 960 g/mol. The molecular formula is C62H121NO5. The molecule has 0 aromatic carbocycles. The van der Waals surface area contributed by atoms with Crippen LogP contribution in [0.3, 0.4) is 0 Å². The molecule has 68 heavy (non-hydrogen) atoms. The molecule has 6 nitrogen and oxygen atoms in total. The summed E-state index contributed by atoms with van der Waals surface area (Å²) in [5, 5.41) is 23.2. The van der Waals surface area contributed by atoms with Crippen molar-refractivity contribution in [2.75, 3.05) is 13.2 Å². The number of amides is 1. The van der Waals surface area contributed by atoms with Crippen LogP contribution in [0.5, 0.6) is 0 Å². The predicted octanol–water partition coefficient (Wildman–Crippen LogP) is 19.2. The van der Waals surface area contributed by atoms with Crippen LogP contribution in [0.4, 0.5) is 0 Å². The fourth-order valence-electron chi connectivity index (χ4n) is 9.81. The van der Waals surface area contributed by atoms with E-state index >= 15 is 0 Å². The Morgan fingerprint density at radius 3 is 1.00 bits per heavy atom. The maximum atomic E-state index is 12.5. The average Bonchev–Trinajstić information content (AvgIpc) is 3.34. The number of aliphatic hydroxyl groups excluding tert-OH is 2. The number of carbonyl (C=O) groups excluding carboxylic acids is 2. The topological polar surface area (TPSA) is 95.9 Å². The summed E-state index contributed by atoms with van der Waals surface area (Å²) in [6, 6.07) is -0.634. The molecule has 0 aliphatic carbocycles. The minimum atomic E-state index is -0.850. The van der Waals surface area contributed by atoms with E-state index in [9.17, 15) is 19.8 Å². The summed E-state index contributed by atoms with van der Waals surface area (Å²) in [4.78, 5) is 24.6. The molecule has 0 saturated heterocycles. The highest BCUT2D eigenvalue weighted by molar-refractivity contribution is 5.76. The first kappa shape index (κ1) is 66.6. The van der Waals surface area contributed by atoms with Crippen molar-refractivity contribution < 1.29 is 24.5 Å². The number of rotatable bonds is 58. The summed E-state index contributed by atoms with van der Waals surface area (Å²) in [5.74, 6) is -0.0691. The van der Waals surface area contributed by atoms with Crippen molar-refractivity contribution in [3.05, 3.63) is 12.2 Å². The van der Waals surface area contributed by atoms with Crippen LogP contribution >= 0.6 is 0 Å². The zero-order valence-electron chi connectivity index (χ0n) is 46.1. The highest BCUT2D eigenvalue weighted by Crippen LogP contribution is 2.18. The molecular weight excluding hydrogens is 839 g/mol. The van der Waals surface area contributed by atoms with E-state index in [1.165, 1.54) is 276 Å². The summed E-state index contributed by atoms with van der Waals surface area (Å²) >= 11 is 0. The van der Waals surface area contributed by atoms with Crippen molar-refractivity contribution in [3.8, 4) is 0 Å². The quantitative estimate of drug-likeness (QED) is 0.0321. The van der Waals surface area contributed by atoms with Crippen LogP contribution < -0.4 is 5.32 Å². The highest BCUT2D eigenvalue weighted by Gasteiger charge is 2.18. The number of unbranched alkanes of at least 4 members (excludes halogenated alkanes) is 47. The van der Waals surface area contributed by atoms with Crippen LogP contribution in [0.1, 0.15) is 348 Å². The largest absolute Gasteiger partial charge is 0.466 e. The molecule has 1 amide bonds. The average molecular weight is 961 g/mol. The molecule has 0 saturated carbocycles. The summed E-state index contributed by atoms with van der Waals surface area (Å²) in [6.45, 7) is 4.92. The molecule has 0 heterocycles. The molecule has 0 radical (unpaired) electrons. The number of aliphatic hydroxyl groups is 2. The van der Waals surface area contributed by atoms with Crippen LogP contribution in [0.15, 0.2) is 12.2 Å². The number of ether oxygens (including phenoxy) is 1. The van der Waals surface area contributed by atoms with Crippen molar-refractivity contribution in [2.24, 2.45) is 0 Å². The maximum absolute atomic E-state index is 12.5. The molecule has 0 aromatic rings. The van der Waals surface area contributed by atoms with Crippen LogP contribution in [-0.2, 0) is 14.3 Å². The molecule has 0 bridgehead atoms. The SMILES string of the molecule is CCCCCCCCCCCCCCCCCCCCC/C=C/C(O)C(CO)NC(=O)CCCCCCCCCCCCCCCCCOC(=O)CCCCCCCCCCCCCCCCC. The van der Waals surface area contributed by atoms with Gasteiger partial charge in [-0.3, -0.25) is 9.59 Å². The number of hydrogen-bond acceptors (Lipinski definition) is 5. The third-order valence-electron chi connectivity index (χ3n) is 14.6. The third-order valence-corrected chi connectivity index (χ3v) is 14.6. The Bertz CT molecular complexity index is 1020.